The smallest absolute Gasteiger partial charge is 0.220 e. The van der Waals surface area contributed by atoms with E-state index in [1.807, 2.05) is 13.8 Å². The standard InChI is InChI=1S/C35H60N2O4/c1-30(2)24-10-15-33(6)25(32(24,5)13-11-26(30)37-28(39)17-21-19-36-20-21)18-23(38)29-22(9-14-34(29,33)7)35(8)16-12-27(41-35)31(3,4)40/h21-27,29,36,38,40H,9-20H2,1-8H3,(H,37,39)/t22-,23+,24-,25+,26-,27+,29-,32-,33+,34+,35-/m0/s1. The van der Waals surface area contributed by atoms with Gasteiger partial charge in [-0.3, -0.25) is 4.79 Å². The van der Waals surface area contributed by atoms with Crippen molar-refractivity contribution in [1.29, 1.82) is 0 Å². The normalized spacial score (nSPS) is 51.3. The van der Waals surface area contributed by atoms with Crippen molar-refractivity contribution in [1.82, 2.24) is 10.6 Å². The third kappa shape index (κ3) is 4.42. The van der Waals surface area contributed by atoms with E-state index in [-0.39, 0.29) is 57.3 Å². The second-order valence-electron chi connectivity index (χ2n) is 17.8. The summed E-state index contributed by atoms with van der Waals surface area (Å²) in [5, 5.41) is 29.6. The van der Waals surface area contributed by atoms with Gasteiger partial charge in [0.15, 0.2) is 0 Å². The minimum Gasteiger partial charge on any atom is -0.393 e. The van der Waals surface area contributed by atoms with Gasteiger partial charge in [0.2, 0.25) is 5.91 Å². The van der Waals surface area contributed by atoms with Crippen LogP contribution in [0.1, 0.15) is 120 Å². The van der Waals surface area contributed by atoms with Gasteiger partial charge in [-0.1, -0.05) is 34.6 Å². The van der Waals surface area contributed by atoms with E-state index >= 15 is 0 Å². The average Bonchev–Trinajstić information content (AvgIpc) is 3.43. The largest absolute Gasteiger partial charge is 0.393 e. The monoisotopic (exact) mass is 572 g/mol. The topological polar surface area (TPSA) is 90.8 Å². The van der Waals surface area contributed by atoms with Gasteiger partial charge in [0.25, 0.3) is 0 Å². The molecule has 11 atom stereocenters. The first-order chi connectivity index (χ1) is 19.0. The Balaban J connectivity index is 1.24. The van der Waals surface area contributed by atoms with Crippen LogP contribution in [0.2, 0.25) is 0 Å². The van der Waals surface area contributed by atoms with E-state index < -0.39 is 5.60 Å². The molecule has 0 aromatic carbocycles. The minimum atomic E-state index is -0.839. The molecule has 2 saturated heterocycles. The van der Waals surface area contributed by atoms with E-state index in [0.717, 1.165) is 58.0 Å². The summed E-state index contributed by atoms with van der Waals surface area (Å²) in [6.07, 6.45) is 9.74. The van der Waals surface area contributed by atoms with Crippen LogP contribution in [0.5, 0.6) is 0 Å². The fourth-order valence-corrected chi connectivity index (χ4v) is 12.3. The molecular weight excluding hydrogens is 512 g/mol. The molecule has 234 valence electrons. The van der Waals surface area contributed by atoms with Gasteiger partial charge >= 0.3 is 0 Å². The van der Waals surface area contributed by atoms with Crippen LogP contribution >= 0.6 is 0 Å². The summed E-state index contributed by atoms with van der Waals surface area (Å²) in [4.78, 5) is 13.0. The molecule has 0 aromatic rings. The van der Waals surface area contributed by atoms with E-state index in [2.05, 4.69) is 52.2 Å². The van der Waals surface area contributed by atoms with Crippen LogP contribution in [-0.4, -0.2) is 58.7 Å². The highest BCUT2D eigenvalue weighted by molar-refractivity contribution is 5.76. The van der Waals surface area contributed by atoms with Crippen molar-refractivity contribution in [3.8, 4) is 0 Å². The number of aliphatic hydroxyl groups is 2. The Morgan fingerprint density at radius 3 is 2.22 bits per heavy atom. The maximum atomic E-state index is 13.0. The van der Waals surface area contributed by atoms with Crippen LogP contribution < -0.4 is 10.6 Å². The zero-order chi connectivity index (χ0) is 29.8. The predicted octanol–water partition coefficient (Wildman–Crippen LogP) is 5.45. The van der Waals surface area contributed by atoms with Crippen LogP contribution in [0.25, 0.3) is 0 Å². The van der Waals surface area contributed by atoms with Crippen LogP contribution in [0.15, 0.2) is 0 Å². The first-order valence-electron chi connectivity index (χ1n) is 17.0. The SMILES string of the molecule is CC(C)(O)[C@H]1CC[C@@](C)([C@H]2CC[C@]3(C)[C@@H]2[C@H](O)C[C@@H]2[C@@]4(C)CC[C@H](NC(=O)CC5CNC5)C(C)(C)[C@@H]4CC[C@]23C)O1. The molecule has 6 heteroatoms. The number of fused-ring (bicyclic) bond motifs is 5. The van der Waals surface area contributed by atoms with E-state index in [4.69, 9.17) is 4.74 Å². The van der Waals surface area contributed by atoms with Crippen molar-refractivity contribution in [2.24, 2.45) is 51.2 Å². The number of rotatable bonds is 5. The van der Waals surface area contributed by atoms with Crippen LogP contribution in [0.3, 0.4) is 0 Å². The maximum Gasteiger partial charge on any atom is 0.220 e. The summed E-state index contributed by atoms with van der Waals surface area (Å²) >= 11 is 0. The van der Waals surface area contributed by atoms with Crippen molar-refractivity contribution >= 4 is 5.91 Å². The zero-order valence-corrected chi connectivity index (χ0v) is 27.3. The number of ether oxygens (including phenoxy) is 1. The molecule has 0 unspecified atom stereocenters. The van der Waals surface area contributed by atoms with Crippen molar-refractivity contribution in [2.45, 2.75) is 149 Å². The van der Waals surface area contributed by atoms with Gasteiger partial charge in [-0.25, -0.2) is 0 Å². The van der Waals surface area contributed by atoms with E-state index in [1.54, 1.807) is 0 Å². The van der Waals surface area contributed by atoms with Crippen molar-refractivity contribution in [3.05, 3.63) is 0 Å². The Morgan fingerprint density at radius 2 is 1.61 bits per heavy atom. The molecule has 2 aliphatic heterocycles. The summed E-state index contributed by atoms with van der Waals surface area (Å²) in [6.45, 7) is 20.5. The fraction of sp³-hybridized carbons (Fsp3) is 0.971. The van der Waals surface area contributed by atoms with Crippen LogP contribution in [-0.2, 0) is 9.53 Å². The second kappa shape index (κ2) is 9.65. The lowest BCUT2D eigenvalue weighted by Gasteiger charge is -2.71. The molecule has 0 bridgehead atoms. The maximum absolute atomic E-state index is 13.0. The van der Waals surface area contributed by atoms with Crippen molar-refractivity contribution in [3.63, 3.8) is 0 Å². The lowest BCUT2D eigenvalue weighted by atomic mass is 9.35. The number of aliphatic hydroxyl groups excluding tert-OH is 1. The Kier molecular flexibility index (Phi) is 7.14. The van der Waals surface area contributed by atoms with E-state index in [0.29, 0.717) is 30.1 Å². The molecule has 41 heavy (non-hydrogen) atoms. The van der Waals surface area contributed by atoms with E-state index in [1.165, 1.54) is 12.8 Å². The summed E-state index contributed by atoms with van der Waals surface area (Å²) in [7, 11) is 0. The third-order valence-electron chi connectivity index (χ3n) is 15.0. The predicted molar refractivity (Wildman–Crippen MR) is 162 cm³/mol. The van der Waals surface area contributed by atoms with Gasteiger partial charge < -0.3 is 25.6 Å². The van der Waals surface area contributed by atoms with Gasteiger partial charge in [0, 0.05) is 12.5 Å². The highest BCUT2D eigenvalue weighted by Gasteiger charge is 2.72. The molecule has 4 N–H and O–H groups in total. The lowest BCUT2D eigenvalue weighted by molar-refractivity contribution is -0.240. The van der Waals surface area contributed by atoms with Crippen LogP contribution in [0.4, 0.5) is 0 Å². The average molecular weight is 573 g/mol. The third-order valence-corrected chi connectivity index (χ3v) is 15.0. The van der Waals surface area contributed by atoms with Crippen molar-refractivity contribution in [2.75, 3.05) is 13.1 Å². The number of carbonyl (C=O) groups excluding carboxylic acids is 1. The summed E-state index contributed by atoms with van der Waals surface area (Å²) in [6, 6.07) is 0.223. The highest BCUT2D eigenvalue weighted by atomic mass is 16.5. The Morgan fingerprint density at radius 1 is 0.927 bits per heavy atom. The molecule has 6 rings (SSSR count). The zero-order valence-electron chi connectivity index (χ0n) is 27.3. The molecule has 0 radical (unpaired) electrons. The second-order valence-corrected chi connectivity index (χ2v) is 17.8. The Labute approximate surface area is 249 Å². The number of hydrogen-bond donors (Lipinski definition) is 4. The molecule has 4 saturated carbocycles. The molecule has 6 nitrogen and oxygen atoms in total. The Bertz CT molecular complexity index is 1040. The summed E-state index contributed by atoms with van der Waals surface area (Å²) in [5.74, 6) is 2.29. The molecule has 0 spiro atoms. The van der Waals surface area contributed by atoms with E-state index in [9.17, 15) is 15.0 Å². The number of amides is 1. The minimum absolute atomic E-state index is 0.0278. The Hall–Kier alpha value is -0.690. The number of carbonyl (C=O) groups is 1. The first kappa shape index (κ1) is 30.3. The van der Waals surface area contributed by atoms with Gasteiger partial charge in [-0.2, -0.15) is 0 Å². The number of hydrogen-bond acceptors (Lipinski definition) is 5. The summed E-state index contributed by atoms with van der Waals surface area (Å²) < 4.78 is 6.72. The molecule has 1 amide bonds. The summed E-state index contributed by atoms with van der Waals surface area (Å²) in [5.41, 5.74) is -0.701. The molecule has 4 aliphatic carbocycles. The molecule has 6 aliphatic rings. The quantitative estimate of drug-likeness (QED) is 0.352. The highest BCUT2D eigenvalue weighted by Crippen LogP contribution is 2.76. The lowest BCUT2D eigenvalue weighted by Crippen LogP contribution is -2.67. The molecule has 6 fully saturated rings. The van der Waals surface area contributed by atoms with Crippen LogP contribution in [0, 0.1) is 51.2 Å². The first-order valence-corrected chi connectivity index (χ1v) is 17.0. The fourth-order valence-electron chi connectivity index (χ4n) is 12.3. The molecule has 0 aromatic heterocycles. The van der Waals surface area contributed by atoms with Gasteiger partial charge in [0.05, 0.1) is 23.4 Å². The van der Waals surface area contributed by atoms with Gasteiger partial charge in [-0.05, 0) is 143 Å². The van der Waals surface area contributed by atoms with Gasteiger partial charge in [0.1, 0.15) is 0 Å². The molecule has 2 heterocycles. The van der Waals surface area contributed by atoms with Crippen molar-refractivity contribution < 1.29 is 19.7 Å². The number of nitrogens with one attached hydrogen (secondary N) is 2. The van der Waals surface area contributed by atoms with Gasteiger partial charge in [-0.15, -0.1) is 0 Å². The molecular formula is C35H60N2O4.